The molecule has 0 saturated carbocycles. The molecule has 394 valence electrons. The third kappa shape index (κ3) is 8.16. The van der Waals surface area contributed by atoms with Crippen LogP contribution < -0.4 is 26.2 Å². The summed E-state index contributed by atoms with van der Waals surface area (Å²) in [5.41, 5.74) is 24.6. The van der Waals surface area contributed by atoms with Gasteiger partial charge in [-0.25, -0.2) is 0 Å². The number of anilines is 6. The van der Waals surface area contributed by atoms with Gasteiger partial charge in [-0.15, -0.1) is 0 Å². The third-order valence-corrected chi connectivity index (χ3v) is 17.4. The van der Waals surface area contributed by atoms with E-state index in [1.54, 1.807) is 0 Å². The predicted molar refractivity (Wildman–Crippen MR) is 343 cm³/mol. The summed E-state index contributed by atoms with van der Waals surface area (Å²) in [5, 5.41) is 5.14. The molecule has 2 aliphatic rings. The number of benzene rings is 9. The molecule has 79 heavy (non-hydrogen) atoms. The molecule has 0 bridgehead atoms. The highest BCUT2D eigenvalue weighted by Gasteiger charge is 2.44. The van der Waals surface area contributed by atoms with Crippen molar-refractivity contribution in [1.82, 2.24) is 9.13 Å². The molecule has 5 heteroatoms. The fourth-order valence-electron chi connectivity index (χ4n) is 12.9. The summed E-state index contributed by atoms with van der Waals surface area (Å²) in [6.45, 7) is 34.9. The molecule has 0 amide bonds. The predicted octanol–water partition coefficient (Wildman–Crippen LogP) is 18.5. The molecule has 13 rings (SSSR count). The third-order valence-electron chi connectivity index (χ3n) is 17.4. The number of aromatic nitrogens is 2. The van der Waals surface area contributed by atoms with Gasteiger partial charge in [0, 0.05) is 61.4 Å². The van der Waals surface area contributed by atoms with Crippen LogP contribution in [0.2, 0.25) is 0 Å². The van der Waals surface area contributed by atoms with E-state index in [1.807, 2.05) is 0 Å². The summed E-state index contributed by atoms with van der Waals surface area (Å²) >= 11 is 0. The number of hydrogen-bond donors (Lipinski definition) is 0. The van der Waals surface area contributed by atoms with Gasteiger partial charge in [0.05, 0.1) is 27.8 Å². The monoisotopic (exact) mass is 1030 g/mol. The SMILES string of the molecule is CC(C)(C)c1ccc2c(c1)N(c1ccccc1)c1cc(-n3c4ccc(C(C)(C)C)cc4c4cc(C(C)(C)C)ccc43)cc3c1B2c1ccc(-n2c4ccc(C(C)(C)C)cc4c4cc(C(C)(C)C)ccc42)cc1N3c1ccccc1. The zero-order chi connectivity index (χ0) is 55.5. The Hall–Kier alpha value is -7.76. The van der Waals surface area contributed by atoms with Crippen molar-refractivity contribution in [3.05, 3.63) is 210 Å². The van der Waals surface area contributed by atoms with Crippen LogP contribution in [0.25, 0.3) is 55.0 Å². The molecule has 0 atom stereocenters. The van der Waals surface area contributed by atoms with Crippen molar-refractivity contribution in [2.24, 2.45) is 0 Å². The molecule has 0 fully saturated rings. The summed E-state index contributed by atoms with van der Waals surface area (Å²) in [5.74, 6) is 0. The van der Waals surface area contributed by atoms with Crippen molar-refractivity contribution in [3.63, 3.8) is 0 Å². The van der Waals surface area contributed by atoms with Crippen LogP contribution in [0.3, 0.4) is 0 Å². The maximum atomic E-state index is 2.59. The summed E-state index contributed by atoms with van der Waals surface area (Å²) in [6, 6.07) is 70.7. The minimum Gasteiger partial charge on any atom is -0.311 e. The first-order valence-corrected chi connectivity index (χ1v) is 28.7. The standard InChI is InChI=1S/C74H75BN4/c1-70(2,3)46-27-34-61-55(38-46)56-39-47(71(4,5)6)28-35-62(56)78(61)53-31-33-60-66(43-53)77(52-24-20-17-21-25-52)68-45-54(79-63-36-29-48(72(7,8)9)40-57(63)58-41-49(73(10,11)12)30-37-64(58)79)44-67-69(68)75(60)59-32-26-50(74(13,14)15)42-65(59)76(67)51-22-18-16-19-23-51/h16-45H,1-15H3. The normalized spacial score (nSPS) is 13.9. The molecular formula is C74H75BN4. The van der Waals surface area contributed by atoms with Gasteiger partial charge in [0.2, 0.25) is 0 Å². The topological polar surface area (TPSA) is 16.3 Å². The van der Waals surface area contributed by atoms with Crippen molar-refractivity contribution in [2.45, 2.75) is 131 Å². The van der Waals surface area contributed by atoms with Gasteiger partial charge in [-0.2, -0.15) is 0 Å². The minimum atomic E-state index is -0.0709. The lowest BCUT2D eigenvalue weighted by atomic mass is 9.33. The zero-order valence-corrected chi connectivity index (χ0v) is 49.2. The molecule has 0 aliphatic carbocycles. The Labute approximate surface area is 469 Å². The molecule has 0 saturated heterocycles. The van der Waals surface area contributed by atoms with Crippen molar-refractivity contribution in [2.75, 3.05) is 9.80 Å². The highest BCUT2D eigenvalue weighted by Crippen LogP contribution is 2.49. The average molecular weight is 1030 g/mol. The van der Waals surface area contributed by atoms with E-state index in [2.05, 4.69) is 305 Å². The average Bonchev–Trinajstić information content (AvgIpc) is 3.28. The second kappa shape index (κ2) is 17.4. The smallest absolute Gasteiger partial charge is 0.252 e. The van der Waals surface area contributed by atoms with Gasteiger partial charge in [0.25, 0.3) is 6.71 Å². The maximum Gasteiger partial charge on any atom is 0.252 e. The van der Waals surface area contributed by atoms with Gasteiger partial charge < -0.3 is 18.9 Å². The van der Waals surface area contributed by atoms with E-state index in [9.17, 15) is 0 Å². The van der Waals surface area contributed by atoms with E-state index < -0.39 is 0 Å². The van der Waals surface area contributed by atoms with Crippen molar-refractivity contribution >= 4 is 101 Å². The molecule has 4 nitrogen and oxygen atoms in total. The van der Waals surface area contributed by atoms with Crippen molar-refractivity contribution in [3.8, 4) is 11.4 Å². The van der Waals surface area contributed by atoms with Gasteiger partial charge in [-0.05, 0) is 174 Å². The quantitative estimate of drug-likeness (QED) is 0.163. The van der Waals surface area contributed by atoms with Gasteiger partial charge >= 0.3 is 0 Å². The first kappa shape index (κ1) is 50.7. The number of nitrogens with zero attached hydrogens (tertiary/aromatic N) is 4. The van der Waals surface area contributed by atoms with Gasteiger partial charge in [-0.3, -0.25) is 0 Å². The van der Waals surface area contributed by atoms with E-state index in [0.717, 1.165) is 22.7 Å². The van der Waals surface area contributed by atoms with E-state index in [4.69, 9.17) is 0 Å². The Bertz CT molecular complexity index is 4130. The van der Waals surface area contributed by atoms with E-state index in [1.165, 1.54) is 111 Å². The lowest BCUT2D eigenvalue weighted by Crippen LogP contribution is -2.61. The molecule has 0 spiro atoms. The number of fused-ring (bicyclic) bond motifs is 10. The zero-order valence-electron chi connectivity index (χ0n) is 49.2. The minimum absolute atomic E-state index is 0.00133. The second-order valence-electron chi connectivity index (χ2n) is 28.0. The first-order valence-electron chi connectivity index (χ1n) is 28.7. The van der Waals surface area contributed by atoms with Crippen LogP contribution in [0, 0.1) is 0 Å². The van der Waals surface area contributed by atoms with Crippen LogP contribution in [0.1, 0.15) is 132 Å². The number of para-hydroxylation sites is 2. The Morgan fingerprint density at radius 2 is 0.570 bits per heavy atom. The van der Waals surface area contributed by atoms with E-state index in [0.29, 0.717) is 0 Å². The number of rotatable bonds is 4. The van der Waals surface area contributed by atoms with Crippen LogP contribution in [0.5, 0.6) is 0 Å². The van der Waals surface area contributed by atoms with Crippen molar-refractivity contribution < 1.29 is 0 Å². The molecule has 4 heterocycles. The molecule has 11 aromatic rings. The summed E-state index contributed by atoms with van der Waals surface area (Å²) < 4.78 is 5.09. The molecule has 0 unspecified atom stereocenters. The van der Waals surface area contributed by atoms with Crippen LogP contribution in [-0.2, 0) is 27.1 Å². The van der Waals surface area contributed by atoms with Crippen LogP contribution >= 0.6 is 0 Å². The maximum absolute atomic E-state index is 2.59. The molecule has 0 N–H and O–H groups in total. The van der Waals surface area contributed by atoms with Crippen LogP contribution in [-0.4, -0.2) is 15.8 Å². The Balaban J connectivity index is 1.15. The van der Waals surface area contributed by atoms with Crippen LogP contribution in [0.4, 0.5) is 34.1 Å². The lowest BCUT2D eigenvalue weighted by molar-refractivity contribution is 0.590. The van der Waals surface area contributed by atoms with Crippen molar-refractivity contribution in [1.29, 1.82) is 0 Å². The highest BCUT2D eigenvalue weighted by molar-refractivity contribution is 7.00. The molecule has 0 radical (unpaired) electrons. The highest BCUT2D eigenvalue weighted by atomic mass is 15.2. The largest absolute Gasteiger partial charge is 0.311 e. The van der Waals surface area contributed by atoms with Crippen LogP contribution in [0.15, 0.2) is 182 Å². The van der Waals surface area contributed by atoms with Gasteiger partial charge in [-0.1, -0.05) is 183 Å². The van der Waals surface area contributed by atoms with E-state index in [-0.39, 0.29) is 33.8 Å². The molecular weight excluding hydrogens is 956 g/mol. The summed E-state index contributed by atoms with van der Waals surface area (Å²) in [7, 11) is 0. The first-order chi connectivity index (χ1) is 37.3. The Morgan fingerprint density at radius 1 is 0.266 bits per heavy atom. The lowest BCUT2D eigenvalue weighted by Gasteiger charge is -2.45. The molecule has 2 aliphatic heterocycles. The van der Waals surface area contributed by atoms with Gasteiger partial charge in [0.1, 0.15) is 0 Å². The fraction of sp³-hybridized carbons (Fsp3) is 0.270. The summed E-state index contributed by atoms with van der Waals surface area (Å²) in [6.07, 6.45) is 0. The Morgan fingerprint density at radius 3 is 0.937 bits per heavy atom. The number of hydrogen-bond acceptors (Lipinski definition) is 2. The molecule has 2 aromatic heterocycles. The van der Waals surface area contributed by atoms with E-state index >= 15 is 0 Å². The second-order valence-corrected chi connectivity index (χ2v) is 28.0. The summed E-state index contributed by atoms with van der Waals surface area (Å²) in [4.78, 5) is 5.16. The molecule has 9 aromatic carbocycles. The van der Waals surface area contributed by atoms with Gasteiger partial charge in [0.15, 0.2) is 0 Å². The Kier molecular flexibility index (Phi) is 11.2. The fourth-order valence-corrected chi connectivity index (χ4v) is 12.9.